The summed E-state index contributed by atoms with van der Waals surface area (Å²) in [6.07, 6.45) is 0.735. The zero-order chi connectivity index (χ0) is 12.4. The molecule has 4 nitrogen and oxygen atoms in total. The molecular formula is C11H24N2O2S. The van der Waals surface area contributed by atoms with Crippen molar-refractivity contribution in [3.05, 3.63) is 0 Å². The van der Waals surface area contributed by atoms with Crippen molar-refractivity contribution in [1.29, 1.82) is 0 Å². The van der Waals surface area contributed by atoms with Crippen LogP contribution in [0, 0.1) is 5.41 Å². The van der Waals surface area contributed by atoms with Crippen LogP contribution in [-0.2, 0) is 9.84 Å². The van der Waals surface area contributed by atoms with Crippen LogP contribution in [0.15, 0.2) is 0 Å². The monoisotopic (exact) mass is 248 g/mol. The Labute approximate surface area is 99.1 Å². The van der Waals surface area contributed by atoms with Crippen LogP contribution in [-0.4, -0.2) is 50.5 Å². The van der Waals surface area contributed by atoms with Gasteiger partial charge in [0.1, 0.15) is 0 Å². The normalized spacial score (nSPS) is 25.0. The average molecular weight is 248 g/mol. The molecule has 1 aliphatic heterocycles. The molecule has 0 aromatic rings. The topological polar surface area (TPSA) is 63.4 Å². The molecule has 16 heavy (non-hydrogen) atoms. The van der Waals surface area contributed by atoms with Crippen molar-refractivity contribution in [2.24, 2.45) is 11.1 Å². The van der Waals surface area contributed by atoms with Crippen LogP contribution in [0.1, 0.15) is 27.2 Å². The molecule has 1 unspecified atom stereocenters. The predicted octanol–water partition coefficient (Wildman–Crippen LogP) is 0.480. The fraction of sp³-hybridized carbons (Fsp3) is 1.00. The van der Waals surface area contributed by atoms with Gasteiger partial charge in [-0.15, -0.1) is 0 Å². The first kappa shape index (κ1) is 13.9. The molecule has 1 rings (SSSR count). The molecule has 1 fully saturated rings. The molecule has 1 atom stereocenters. The summed E-state index contributed by atoms with van der Waals surface area (Å²) in [6, 6.07) is 0.0910. The lowest BCUT2D eigenvalue weighted by atomic mass is 9.87. The van der Waals surface area contributed by atoms with Gasteiger partial charge in [-0.2, -0.15) is 0 Å². The fourth-order valence-corrected chi connectivity index (χ4v) is 3.03. The summed E-state index contributed by atoms with van der Waals surface area (Å²) in [6.45, 7) is 8.62. The van der Waals surface area contributed by atoms with Crippen LogP contribution in [0.4, 0.5) is 0 Å². The van der Waals surface area contributed by atoms with Gasteiger partial charge >= 0.3 is 0 Å². The molecule has 5 heteroatoms. The molecule has 0 aliphatic carbocycles. The Hall–Kier alpha value is -0.130. The lowest BCUT2D eigenvalue weighted by molar-refractivity contribution is 0.209. The third kappa shape index (κ3) is 4.39. The van der Waals surface area contributed by atoms with E-state index >= 15 is 0 Å². The summed E-state index contributed by atoms with van der Waals surface area (Å²) < 4.78 is 22.9. The molecule has 1 heterocycles. The van der Waals surface area contributed by atoms with E-state index in [2.05, 4.69) is 25.7 Å². The average Bonchev–Trinajstić information content (AvgIpc) is 2.26. The smallest absolute Gasteiger partial charge is 0.151 e. The maximum atomic E-state index is 11.4. The van der Waals surface area contributed by atoms with Crippen LogP contribution < -0.4 is 5.73 Å². The Morgan fingerprint density at radius 3 is 2.44 bits per heavy atom. The maximum Gasteiger partial charge on any atom is 0.151 e. The van der Waals surface area contributed by atoms with E-state index in [-0.39, 0.29) is 17.2 Å². The highest BCUT2D eigenvalue weighted by Crippen LogP contribution is 2.18. The van der Waals surface area contributed by atoms with Crippen LogP contribution in [0.2, 0.25) is 0 Å². The number of hydrogen-bond donors (Lipinski definition) is 1. The minimum absolute atomic E-state index is 0.0746. The third-order valence-electron chi connectivity index (χ3n) is 3.22. The minimum atomic E-state index is -2.81. The van der Waals surface area contributed by atoms with Crippen LogP contribution >= 0.6 is 0 Å². The van der Waals surface area contributed by atoms with Gasteiger partial charge in [0.2, 0.25) is 0 Å². The van der Waals surface area contributed by atoms with E-state index in [1.54, 1.807) is 0 Å². The van der Waals surface area contributed by atoms with E-state index < -0.39 is 9.84 Å². The molecule has 2 N–H and O–H groups in total. The van der Waals surface area contributed by atoms with E-state index in [1.165, 1.54) is 0 Å². The van der Waals surface area contributed by atoms with Gasteiger partial charge in [-0.3, -0.25) is 0 Å². The molecular weight excluding hydrogens is 224 g/mol. The van der Waals surface area contributed by atoms with Gasteiger partial charge in [0.25, 0.3) is 0 Å². The number of rotatable bonds is 2. The van der Waals surface area contributed by atoms with Crippen molar-refractivity contribution in [3.8, 4) is 0 Å². The summed E-state index contributed by atoms with van der Waals surface area (Å²) in [7, 11) is -2.81. The molecule has 0 bridgehead atoms. The van der Waals surface area contributed by atoms with E-state index in [0.717, 1.165) is 19.5 Å². The van der Waals surface area contributed by atoms with Crippen molar-refractivity contribution >= 4 is 9.84 Å². The molecule has 1 saturated heterocycles. The second-order valence-electron chi connectivity index (χ2n) is 5.78. The van der Waals surface area contributed by atoms with Gasteiger partial charge in [0.15, 0.2) is 9.84 Å². The Kier molecular flexibility index (Phi) is 4.37. The lowest BCUT2D eigenvalue weighted by Gasteiger charge is -2.32. The zero-order valence-corrected chi connectivity index (χ0v) is 11.4. The van der Waals surface area contributed by atoms with Crippen molar-refractivity contribution in [1.82, 2.24) is 4.90 Å². The highest BCUT2D eigenvalue weighted by Gasteiger charge is 2.25. The molecule has 0 saturated carbocycles. The maximum absolute atomic E-state index is 11.4. The second-order valence-corrected chi connectivity index (χ2v) is 8.08. The Balaban J connectivity index is 2.51. The van der Waals surface area contributed by atoms with Crippen molar-refractivity contribution in [2.45, 2.75) is 33.2 Å². The Morgan fingerprint density at radius 2 is 1.88 bits per heavy atom. The van der Waals surface area contributed by atoms with Gasteiger partial charge in [-0.1, -0.05) is 20.8 Å². The van der Waals surface area contributed by atoms with E-state index in [9.17, 15) is 8.42 Å². The summed E-state index contributed by atoms with van der Waals surface area (Å²) >= 11 is 0. The van der Waals surface area contributed by atoms with Crippen LogP contribution in [0.3, 0.4) is 0 Å². The van der Waals surface area contributed by atoms with Gasteiger partial charge < -0.3 is 10.6 Å². The molecule has 0 aromatic carbocycles. The van der Waals surface area contributed by atoms with Gasteiger partial charge in [0.05, 0.1) is 11.5 Å². The zero-order valence-electron chi connectivity index (χ0n) is 10.6. The van der Waals surface area contributed by atoms with E-state index in [4.69, 9.17) is 5.73 Å². The van der Waals surface area contributed by atoms with Gasteiger partial charge in [-0.25, -0.2) is 8.42 Å². The van der Waals surface area contributed by atoms with Crippen LogP contribution in [0.25, 0.3) is 0 Å². The lowest BCUT2D eigenvalue weighted by Crippen LogP contribution is -2.46. The first-order valence-electron chi connectivity index (χ1n) is 5.89. The first-order valence-corrected chi connectivity index (χ1v) is 7.71. The quantitative estimate of drug-likeness (QED) is 0.772. The molecule has 0 spiro atoms. The molecule has 1 aliphatic rings. The second kappa shape index (κ2) is 5.02. The van der Waals surface area contributed by atoms with Crippen molar-refractivity contribution < 1.29 is 8.42 Å². The first-order chi connectivity index (χ1) is 7.21. The molecule has 96 valence electrons. The van der Waals surface area contributed by atoms with Gasteiger partial charge in [0, 0.05) is 19.1 Å². The van der Waals surface area contributed by atoms with Crippen molar-refractivity contribution in [2.75, 3.05) is 31.1 Å². The summed E-state index contributed by atoms with van der Waals surface area (Å²) in [5, 5.41) is 0. The largest absolute Gasteiger partial charge is 0.326 e. The standard InChI is InChI=1S/C11H24N2O2S/c1-11(2,3)10(12)9-13-5-4-7-16(14,15)8-6-13/h10H,4-9,12H2,1-3H3. The number of sulfone groups is 1. The SMILES string of the molecule is CC(C)(C)C(N)CN1CCCS(=O)(=O)CC1. The number of hydrogen-bond acceptors (Lipinski definition) is 4. The molecule has 0 amide bonds. The van der Waals surface area contributed by atoms with Gasteiger partial charge in [-0.05, 0) is 18.4 Å². The fourth-order valence-electron chi connectivity index (χ4n) is 1.72. The highest BCUT2D eigenvalue weighted by molar-refractivity contribution is 7.91. The number of nitrogens with two attached hydrogens (primary N) is 1. The number of nitrogens with zero attached hydrogens (tertiary/aromatic N) is 1. The summed E-state index contributed by atoms with van der Waals surface area (Å²) in [5.74, 6) is 0.609. The van der Waals surface area contributed by atoms with Crippen LogP contribution in [0.5, 0.6) is 0 Å². The molecule has 0 aromatic heterocycles. The Morgan fingerprint density at radius 1 is 1.25 bits per heavy atom. The van der Waals surface area contributed by atoms with E-state index in [1.807, 2.05) is 0 Å². The third-order valence-corrected chi connectivity index (χ3v) is 4.93. The highest BCUT2D eigenvalue weighted by atomic mass is 32.2. The Bertz CT molecular complexity index is 319. The van der Waals surface area contributed by atoms with Crippen molar-refractivity contribution in [3.63, 3.8) is 0 Å². The summed E-state index contributed by atoms with van der Waals surface area (Å²) in [4.78, 5) is 2.18. The predicted molar refractivity (Wildman–Crippen MR) is 67.1 cm³/mol. The van der Waals surface area contributed by atoms with E-state index in [0.29, 0.717) is 12.3 Å². The molecule has 0 radical (unpaired) electrons. The minimum Gasteiger partial charge on any atom is -0.326 e. The summed E-state index contributed by atoms with van der Waals surface area (Å²) in [5.41, 5.74) is 6.18.